The number of allylic oxidation sites excluding steroid dienone is 8. The summed E-state index contributed by atoms with van der Waals surface area (Å²) in [5, 5.41) is 0. The molecule has 5 fully saturated rings. The Balaban J connectivity index is 0.00000154. The van der Waals surface area contributed by atoms with Gasteiger partial charge in [0.05, 0.1) is 0 Å². The van der Waals surface area contributed by atoms with Gasteiger partial charge in [0.15, 0.2) is 0 Å². The molecule has 0 aromatic heterocycles. The third-order valence-electron chi connectivity index (χ3n) is 13.8. The Morgan fingerprint density at radius 3 is 1.36 bits per heavy atom. The van der Waals surface area contributed by atoms with E-state index in [-0.39, 0.29) is 24.8 Å². The molecule has 0 aromatic carbocycles. The van der Waals surface area contributed by atoms with Crippen LogP contribution < -0.4 is 24.8 Å². The molecular formula is C34H54Cl2Si2Ti. The molecule has 0 radical (unpaired) electrons. The van der Waals surface area contributed by atoms with Crippen LogP contribution in [0.1, 0.15) is 65.2 Å². The molecule has 0 spiro atoms. The van der Waals surface area contributed by atoms with Gasteiger partial charge in [0.2, 0.25) is 0 Å². The summed E-state index contributed by atoms with van der Waals surface area (Å²) in [7, 11) is -2.20. The van der Waals surface area contributed by atoms with Gasteiger partial charge < -0.3 is 24.8 Å². The average Bonchev–Trinajstić information content (AvgIpc) is 3.45. The van der Waals surface area contributed by atoms with Gasteiger partial charge in [0, 0.05) is 0 Å². The van der Waals surface area contributed by atoms with E-state index in [4.69, 9.17) is 0 Å². The third kappa shape index (κ3) is 5.04. The zero-order valence-corrected chi connectivity index (χ0v) is 29.9. The first-order valence-electron chi connectivity index (χ1n) is 16.9. The van der Waals surface area contributed by atoms with Crippen molar-refractivity contribution in [1.82, 2.24) is 0 Å². The molecule has 3 heterocycles. The quantitative estimate of drug-likeness (QED) is 0.291. The van der Waals surface area contributed by atoms with Crippen LogP contribution in [0.15, 0.2) is 48.6 Å². The molecule has 3 aliphatic heterocycles. The first-order chi connectivity index (χ1) is 18.2. The monoisotopic (exact) mass is 636 g/mol. The van der Waals surface area contributed by atoms with Crippen molar-refractivity contribution in [1.29, 1.82) is 0 Å². The van der Waals surface area contributed by atoms with Gasteiger partial charge in [-0.2, -0.15) is 0 Å². The Hall–Kier alpha value is 0.688. The molecule has 0 N–H and O–H groups in total. The van der Waals surface area contributed by atoms with Crippen molar-refractivity contribution in [3.63, 3.8) is 0 Å². The molecule has 2 saturated carbocycles. The fraction of sp³-hybridized carbons (Fsp3) is 0.765. The third-order valence-corrected chi connectivity index (χ3v) is 36.4. The predicted octanol–water partition coefficient (Wildman–Crippen LogP) is 5.15. The Kier molecular flexibility index (Phi) is 9.86. The normalized spacial score (nSPS) is 40.2. The van der Waals surface area contributed by atoms with Crippen molar-refractivity contribution in [2.24, 2.45) is 23.7 Å². The molecule has 39 heavy (non-hydrogen) atoms. The molecule has 8 atom stereocenters. The number of unbranched alkanes of at least 4 members (excludes halogenated alkanes) is 2. The zero-order chi connectivity index (χ0) is 25.1. The van der Waals surface area contributed by atoms with Gasteiger partial charge in [-0.25, -0.2) is 0 Å². The standard InChI is InChI=1S/2C16H25Si.C2H4.2ClH.Ti/c2*1-2-3-11-17(12-6-13-17)16-10-9-14-7-4-5-8-15(14)16;1-2;;;/h2*4-5,7-8,10,14-16H,2-3,6,9,11-13H2,1H3;1-2H2;2*1H;/q;;;;;+2/p-2. The van der Waals surface area contributed by atoms with Crippen molar-refractivity contribution >= 4 is 16.1 Å². The van der Waals surface area contributed by atoms with Gasteiger partial charge >= 0.3 is 235 Å². The topological polar surface area (TPSA) is 0 Å². The van der Waals surface area contributed by atoms with E-state index in [1.165, 1.54) is 32.4 Å². The van der Waals surface area contributed by atoms with Gasteiger partial charge in [-0.05, 0) is 0 Å². The number of hydrogen-bond donors (Lipinski definition) is 0. The molecule has 0 amide bonds. The summed E-state index contributed by atoms with van der Waals surface area (Å²) >= 11 is -1.90. The molecule has 3 saturated heterocycles. The van der Waals surface area contributed by atoms with Crippen molar-refractivity contribution in [2.75, 3.05) is 0 Å². The van der Waals surface area contributed by atoms with Crippen LogP contribution >= 0.6 is 0 Å². The van der Waals surface area contributed by atoms with E-state index in [0.29, 0.717) is 0 Å². The minimum Gasteiger partial charge on any atom is -1.00 e. The predicted molar refractivity (Wildman–Crippen MR) is 164 cm³/mol. The van der Waals surface area contributed by atoms with Crippen molar-refractivity contribution in [3.05, 3.63) is 48.6 Å². The Bertz CT molecular complexity index is 902. The second-order valence-electron chi connectivity index (χ2n) is 15.1. The number of halogens is 2. The van der Waals surface area contributed by atoms with Crippen LogP contribution in [0.4, 0.5) is 0 Å². The van der Waals surface area contributed by atoms with Gasteiger partial charge in [0.25, 0.3) is 0 Å². The van der Waals surface area contributed by atoms with E-state index in [2.05, 4.69) is 62.5 Å². The van der Waals surface area contributed by atoms with E-state index in [0.717, 1.165) is 23.7 Å². The van der Waals surface area contributed by atoms with Crippen LogP contribution in [-0.4, -0.2) is 16.1 Å². The zero-order valence-electron chi connectivity index (χ0n) is 24.8. The second kappa shape index (κ2) is 12.4. The Morgan fingerprint density at radius 2 is 1.03 bits per heavy atom. The summed E-state index contributed by atoms with van der Waals surface area (Å²) in [5.74, 6) is 3.76. The van der Waals surface area contributed by atoms with Crippen molar-refractivity contribution in [2.45, 2.75) is 130 Å². The summed E-state index contributed by atoms with van der Waals surface area (Å²) in [6.07, 6.45) is 33.2. The summed E-state index contributed by atoms with van der Waals surface area (Å²) in [6.45, 7) is 4.92. The van der Waals surface area contributed by atoms with Crippen LogP contribution in [0.25, 0.3) is 0 Å². The second-order valence-corrected chi connectivity index (χ2v) is 32.6. The maximum Gasteiger partial charge on any atom is -1.00 e. The smallest absolute Gasteiger partial charge is 1.00 e. The first-order valence-corrected chi connectivity index (χ1v) is 26.3. The first kappa shape index (κ1) is 31.1. The fourth-order valence-electron chi connectivity index (χ4n) is 11.8. The molecule has 7 rings (SSSR count). The largest absolute Gasteiger partial charge is 1.00 e. The Labute approximate surface area is 258 Å². The van der Waals surface area contributed by atoms with Gasteiger partial charge in [0.1, 0.15) is 0 Å². The number of fused-ring (bicyclic) bond motifs is 2. The van der Waals surface area contributed by atoms with E-state index in [9.17, 15) is 0 Å². The van der Waals surface area contributed by atoms with Crippen LogP contribution in [0, 0.1) is 23.7 Å². The van der Waals surface area contributed by atoms with E-state index in [1.807, 2.05) is 0 Å². The Morgan fingerprint density at radius 1 is 0.615 bits per heavy atom. The van der Waals surface area contributed by atoms with Crippen LogP contribution in [-0.2, 0) is 16.6 Å². The maximum absolute atomic E-state index is 2.77. The summed E-state index contributed by atoms with van der Waals surface area (Å²) < 4.78 is 6.09. The average molecular weight is 638 g/mol. The van der Waals surface area contributed by atoms with E-state index >= 15 is 0 Å². The van der Waals surface area contributed by atoms with E-state index in [1.54, 1.807) is 84.2 Å². The summed E-state index contributed by atoms with van der Waals surface area (Å²) in [6, 6.07) is 10.3. The minimum absolute atomic E-state index is 0. The molecular weight excluding hydrogens is 583 g/mol. The van der Waals surface area contributed by atoms with Gasteiger partial charge in [-0.3, -0.25) is 0 Å². The fourth-order valence-corrected chi connectivity index (χ4v) is 40.6. The summed E-state index contributed by atoms with van der Waals surface area (Å²) in [4.78, 5) is 0. The molecule has 0 nitrogen and oxygen atoms in total. The SMILES string of the molecule is CCCC[Si]1(C2C3C=CC=CC3C[CH]2[Ti+2]2([CH]3CC4C=CC=CC4C3[Si]3(CCCC)CCC3)[CH2][CH2]2)CCC1.[Cl-].[Cl-]. The molecule has 0 bridgehead atoms. The van der Waals surface area contributed by atoms with Crippen molar-refractivity contribution < 1.29 is 41.4 Å². The molecule has 8 unspecified atom stereocenters. The molecule has 216 valence electrons. The van der Waals surface area contributed by atoms with Gasteiger partial charge in [-0.1, -0.05) is 0 Å². The molecule has 0 aromatic rings. The molecule has 5 heteroatoms. The molecule has 7 aliphatic rings. The van der Waals surface area contributed by atoms with Gasteiger partial charge in [-0.15, -0.1) is 0 Å². The van der Waals surface area contributed by atoms with Crippen molar-refractivity contribution in [3.8, 4) is 0 Å². The van der Waals surface area contributed by atoms with E-state index < -0.39 is 32.7 Å². The maximum atomic E-state index is 2.77. The number of hydrogen-bond acceptors (Lipinski definition) is 0. The van der Waals surface area contributed by atoms with Crippen LogP contribution in [0.3, 0.4) is 0 Å². The number of rotatable bonds is 10. The molecule has 4 aliphatic carbocycles. The van der Waals surface area contributed by atoms with Crippen LogP contribution in [0.2, 0.25) is 65.2 Å². The minimum atomic E-state index is -1.90. The van der Waals surface area contributed by atoms with Crippen LogP contribution in [0.5, 0.6) is 0 Å². The summed E-state index contributed by atoms with van der Waals surface area (Å²) in [5.41, 5.74) is 2.40.